The van der Waals surface area contributed by atoms with Crippen molar-refractivity contribution >= 4 is 27.5 Å². The zero-order chi connectivity index (χ0) is 26.3. The van der Waals surface area contributed by atoms with Crippen LogP contribution in [0, 0.1) is 25.6 Å². The lowest BCUT2D eigenvalue weighted by atomic mass is 10.1. The van der Waals surface area contributed by atoms with E-state index >= 15 is 0 Å². The highest BCUT2D eigenvalue weighted by molar-refractivity contribution is 7.92. The van der Waals surface area contributed by atoms with Crippen LogP contribution in [0.2, 0.25) is 0 Å². The molecule has 7 nitrogen and oxygen atoms in total. The number of aryl methyl sites for hydroxylation is 2. The van der Waals surface area contributed by atoms with E-state index in [0.29, 0.717) is 24.2 Å². The molecule has 0 unspecified atom stereocenters. The topological polar surface area (TPSA) is 86.8 Å². The van der Waals surface area contributed by atoms with Gasteiger partial charge in [0.2, 0.25) is 21.8 Å². The van der Waals surface area contributed by atoms with E-state index < -0.39 is 34.3 Å². The molecule has 1 atom stereocenters. The van der Waals surface area contributed by atoms with Crippen LogP contribution in [-0.2, 0) is 26.2 Å². The molecule has 0 saturated heterocycles. The summed E-state index contributed by atoms with van der Waals surface area (Å²) in [4.78, 5) is 28.1. The first kappa shape index (κ1) is 28.3. The van der Waals surface area contributed by atoms with Gasteiger partial charge in [-0.05, 0) is 55.0 Å². The number of carbonyl (C=O) groups is 2. The highest BCUT2D eigenvalue weighted by Crippen LogP contribution is 2.27. The van der Waals surface area contributed by atoms with Crippen LogP contribution in [0.25, 0.3) is 0 Å². The summed E-state index contributed by atoms with van der Waals surface area (Å²) in [5.74, 6) is -1.02. The Morgan fingerprint density at radius 1 is 1.03 bits per heavy atom. The van der Waals surface area contributed by atoms with Gasteiger partial charge in [-0.2, -0.15) is 0 Å². The molecule has 2 amide bonds. The Morgan fingerprint density at radius 2 is 1.60 bits per heavy atom. The lowest BCUT2D eigenvalue weighted by Gasteiger charge is -2.33. The maximum Gasteiger partial charge on any atom is 0.244 e. The van der Waals surface area contributed by atoms with Crippen molar-refractivity contribution in [2.75, 3.05) is 23.7 Å². The average Bonchev–Trinajstić information content (AvgIpc) is 2.77. The van der Waals surface area contributed by atoms with Crippen LogP contribution in [0.3, 0.4) is 0 Å². The molecule has 0 aliphatic carbocycles. The van der Waals surface area contributed by atoms with Crippen LogP contribution in [0.1, 0.15) is 43.9 Å². The number of rotatable bonds is 11. The van der Waals surface area contributed by atoms with E-state index in [2.05, 4.69) is 5.32 Å². The summed E-state index contributed by atoms with van der Waals surface area (Å²) in [5, 5.41) is 2.87. The molecule has 0 saturated carbocycles. The monoisotopic (exact) mass is 505 g/mol. The lowest BCUT2D eigenvalue weighted by Crippen LogP contribution is -2.52. The third kappa shape index (κ3) is 7.78. The van der Waals surface area contributed by atoms with Gasteiger partial charge in [0, 0.05) is 13.1 Å². The molecule has 0 spiro atoms. The van der Waals surface area contributed by atoms with Crippen molar-refractivity contribution in [2.45, 2.75) is 53.6 Å². The first-order chi connectivity index (χ1) is 16.3. The van der Waals surface area contributed by atoms with E-state index in [9.17, 15) is 22.4 Å². The van der Waals surface area contributed by atoms with Crippen molar-refractivity contribution in [3.05, 3.63) is 65.0 Å². The van der Waals surface area contributed by atoms with E-state index in [1.165, 1.54) is 17.0 Å². The van der Waals surface area contributed by atoms with E-state index in [1.807, 2.05) is 19.9 Å². The number of halogens is 1. The van der Waals surface area contributed by atoms with Crippen LogP contribution < -0.4 is 9.62 Å². The summed E-state index contributed by atoms with van der Waals surface area (Å²) in [5.41, 5.74) is 2.51. The summed E-state index contributed by atoms with van der Waals surface area (Å²) in [6, 6.07) is 10.3. The van der Waals surface area contributed by atoms with Gasteiger partial charge >= 0.3 is 0 Å². The van der Waals surface area contributed by atoms with Crippen molar-refractivity contribution < 1.29 is 22.4 Å². The molecule has 0 heterocycles. The molecule has 0 aliphatic heterocycles. The number of para-hydroxylation sites is 1. The van der Waals surface area contributed by atoms with Crippen LogP contribution in [0.15, 0.2) is 42.5 Å². The Morgan fingerprint density at radius 3 is 2.09 bits per heavy atom. The second-order valence-corrected chi connectivity index (χ2v) is 11.1. The van der Waals surface area contributed by atoms with Gasteiger partial charge in [-0.1, -0.05) is 51.1 Å². The number of sulfonamides is 1. The van der Waals surface area contributed by atoms with Crippen molar-refractivity contribution in [3.63, 3.8) is 0 Å². The molecule has 9 heteroatoms. The summed E-state index contributed by atoms with van der Waals surface area (Å²) < 4.78 is 40.1. The Hall–Kier alpha value is -2.94. The number of anilines is 1. The second-order valence-electron chi connectivity index (χ2n) is 9.22. The van der Waals surface area contributed by atoms with E-state index in [1.54, 1.807) is 45.0 Å². The maximum atomic E-state index is 13.7. The Balaban J connectivity index is 2.47. The molecule has 35 heavy (non-hydrogen) atoms. The molecule has 2 aromatic rings. The van der Waals surface area contributed by atoms with Gasteiger partial charge in [-0.3, -0.25) is 13.9 Å². The Labute approximate surface area is 208 Å². The largest absolute Gasteiger partial charge is 0.354 e. The molecule has 2 aromatic carbocycles. The lowest BCUT2D eigenvalue weighted by molar-refractivity contribution is -0.140. The highest BCUT2D eigenvalue weighted by atomic mass is 32.2. The van der Waals surface area contributed by atoms with Gasteiger partial charge in [0.1, 0.15) is 18.4 Å². The van der Waals surface area contributed by atoms with Crippen LogP contribution in [0.5, 0.6) is 0 Å². The predicted molar refractivity (Wildman–Crippen MR) is 137 cm³/mol. The van der Waals surface area contributed by atoms with Gasteiger partial charge in [-0.15, -0.1) is 0 Å². The minimum Gasteiger partial charge on any atom is -0.354 e. The molecular formula is C26H36FN3O4S. The highest BCUT2D eigenvalue weighted by Gasteiger charge is 2.32. The normalized spacial score (nSPS) is 12.3. The molecule has 2 rings (SSSR count). The summed E-state index contributed by atoms with van der Waals surface area (Å²) in [6.45, 7) is 9.34. The zero-order valence-corrected chi connectivity index (χ0v) is 22.2. The van der Waals surface area contributed by atoms with Gasteiger partial charge < -0.3 is 10.2 Å². The van der Waals surface area contributed by atoms with Crippen molar-refractivity contribution in [2.24, 2.45) is 5.92 Å². The minimum atomic E-state index is -3.81. The van der Waals surface area contributed by atoms with Gasteiger partial charge in [-0.25, -0.2) is 12.8 Å². The van der Waals surface area contributed by atoms with Crippen LogP contribution in [0.4, 0.5) is 10.1 Å². The third-order valence-corrected chi connectivity index (χ3v) is 6.82. The molecule has 0 aromatic heterocycles. The number of nitrogens with one attached hydrogen (secondary N) is 1. The molecular weight excluding hydrogens is 469 g/mol. The van der Waals surface area contributed by atoms with Gasteiger partial charge in [0.15, 0.2) is 0 Å². The van der Waals surface area contributed by atoms with Gasteiger partial charge in [0.05, 0.1) is 11.9 Å². The third-order valence-electron chi connectivity index (χ3n) is 5.70. The number of hydrogen-bond acceptors (Lipinski definition) is 4. The first-order valence-corrected chi connectivity index (χ1v) is 13.6. The zero-order valence-electron chi connectivity index (χ0n) is 21.3. The van der Waals surface area contributed by atoms with Gasteiger partial charge in [0.25, 0.3) is 0 Å². The standard InChI is InChI=1S/C26H36FN3O4S/c1-7-23(26(32)28-15-18(2)3)29(16-21-11-13-22(27)14-12-21)24(31)17-30(35(6,33)34)25-19(4)9-8-10-20(25)5/h8-14,18,23H,7,15-17H2,1-6H3,(H,28,32)/t23-/m1/s1. The fourth-order valence-electron chi connectivity index (χ4n) is 3.90. The maximum absolute atomic E-state index is 13.7. The quantitative estimate of drug-likeness (QED) is 0.504. The van der Waals surface area contributed by atoms with Crippen molar-refractivity contribution in [1.29, 1.82) is 0 Å². The Bertz CT molecular complexity index is 1110. The number of amides is 2. The smallest absolute Gasteiger partial charge is 0.244 e. The molecule has 0 fully saturated rings. The second kappa shape index (κ2) is 12.2. The summed E-state index contributed by atoms with van der Waals surface area (Å²) in [6.07, 6.45) is 1.39. The molecule has 1 N–H and O–H groups in total. The SMILES string of the molecule is CC[C@H](C(=O)NCC(C)C)N(Cc1ccc(F)cc1)C(=O)CN(c1c(C)cccc1C)S(C)(=O)=O. The van der Waals surface area contributed by atoms with Crippen molar-refractivity contribution in [1.82, 2.24) is 10.2 Å². The fourth-order valence-corrected chi connectivity index (χ4v) is 4.87. The molecule has 0 radical (unpaired) electrons. The molecule has 0 aliphatic rings. The predicted octanol–water partition coefficient (Wildman–Crippen LogP) is 3.79. The average molecular weight is 506 g/mol. The molecule has 192 valence electrons. The van der Waals surface area contributed by atoms with E-state index in [4.69, 9.17) is 0 Å². The number of carbonyl (C=O) groups excluding carboxylic acids is 2. The first-order valence-electron chi connectivity index (χ1n) is 11.7. The number of hydrogen-bond donors (Lipinski definition) is 1. The number of nitrogens with zero attached hydrogens (tertiary/aromatic N) is 2. The van der Waals surface area contributed by atoms with Crippen LogP contribution in [-0.4, -0.2) is 50.5 Å². The summed E-state index contributed by atoms with van der Waals surface area (Å²) in [7, 11) is -3.81. The Kier molecular flexibility index (Phi) is 9.82. The minimum absolute atomic E-state index is 0.0388. The van der Waals surface area contributed by atoms with Crippen molar-refractivity contribution in [3.8, 4) is 0 Å². The summed E-state index contributed by atoms with van der Waals surface area (Å²) >= 11 is 0. The number of benzene rings is 2. The van der Waals surface area contributed by atoms with E-state index in [-0.39, 0.29) is 18.4 Å². The molecule has 0 bridgehead atoms. The fraction of sp³-hybridized carbons (Fsp3) is 0.462. The van der Waals surface area contributed by atoms with Crippen LogP contribution >= 0.6 is 0 Å². The van der Waals surface area contributed by atoms with E-state index in [0.717, 1.165) is 21.7 Å².